The summed E-state index contributed by atoms with van der Waals surface area (Å²) in [6.45, 7) is -0.167. The summed E-state index contributed by atoms with van der Waals surface area (Å²) in [6.07, 6.45) is -14.4. The van der Waals surface area contributed by atoms with Gasteiger partial charge in [0.2, 0.25) is 5.91 Å². The van der Waals surface area contributed by atoms with Gasteiger partial charge in [-0.15, -0.1) is 0 Å². The molecule has 208 valence electrons. The van der Waals surface area contributed by atoms with Crippen molar-refractivity contribution in [3.63, 3.8) is 0 Å². The van der Waals surface area contributed by atoms with Gasteiger partial charge in [-0.25, -0.2) is 0 Å². The van der Waals surface area contributed by atoms with Crippen molar-refractivity contribution < 1.29 is 49.7 Å². The number of hydrogen-bond acceptors (Lipinski definition) is 5. The molecule has 1 aliphatic rings. The molecule has 6 nitrogen and oxygen atoms in total. The maximum absolute atomic E-state index is 13.8. The van der Waals surface area contributed by atoms with Gasteiger partial charge < -0.3 is 24.8 Å². The minimum absolute atomic E-state index is 0.0329. The molecular weight excluding hydrogens is 537 g/mol. The van der Waals surface area contributed by atoms with Gasteiger partial charge in [-0.3, -0.25) is 4.79 Å². The molecule has 1 unspecified atom stereocenters. The van der Waals surface area contributed by atoms with Crippen LogP contribution in [0.4, 0.5) is 36.4 Å². The Hall–Kier alpha value is -4.00. The summed E-state index contributed by atoms with van der Waals surface area (Å²) in [5.74, 6) is -1.87. The van der Waals surface area contributed by atoms with Crippen LogP contribution in [0.1, 0.15) is 22.7 Å². The molecule has 1 aliphatic heterocycles. The second kappa shape index (κ2) is 10.3. The van der Waals surface area contributed by atoms with Crippen molar-refractivity contribution in [1.29, 1.82) is 0 Å². The molecule has 0 aliphatic carbocycles. The van der Waals surface area contributed by atoms with Crippen LogP contribution in [0.25, 0.3) is 0 Å². The SMILES string of the molecule is COc1ccccc1C(N)C(=O)N(CCc1ccc(C(F)(F)F)cc1)c1ccc2c(c1)OC(F)(F)C(F)(F)O2. The first-order chi connectivity index (χ1) is 18.2. The lowest BCUT2D eigenvalue weighted by molar-refractivity contribution is -0.391. The summed E-state index contributed by atoms with van der Waals surface area (Å²) >= 11 is 0. The predicted molar refractivity (Wildman–Crippen MR) is 125 cm³/mol. The Morgan fingerprint density at radius 2 is 1.56 bits per heavy atom. The number of alkyl halides is 7. The van der Waals surface area contributed by atoms with E-state index in [4.69, 9.17) is 10.5 Å². The summed E-state index contributed by atoms with van der Waals surface area (Å²) in [6, 6.07) is 12.3. The second-order valence-corrected chi connectivity index (χ2v) is 8.52. The van der Waals surface area contributed by atoms with E-state index < -0.39 is 47.4 Å². The number of halogens is 7. The Balaban J connectivity index is 1.67. The van der Waals surface area contributed by atoms with Crippen LogP contribution >= 0.6 is 0 Å². The largest absolute Gasteiger partial charge is 0.507 e. The van der Waals surface area contributed by atoms with Gasteiger partial charge in [0.1, 0.15) is 11.8 Å². The molecule has 2 N–H and O–H groups in total. The van der Waals surface area contributed by atoms with E-state index in [0.717, 1.165) is 29.2 Å². The monoisotopic (exact) mass is 558 g/mol. The summed E-state index contributed by atoms with van der Waals surface area (Å²) in [5.41, 5.74) is 6.05. The molecule has 3 aromatic rings. The molecule has 4 rings (SSSR count). The molecule has 0 saturated heterocycles. The third kappa shape index (κ3) is 5.72. The summed E-state index contributed by atoms with van der Waals surface area (Å²) < 4.78 is 107. The van der Waals surface area contributed by atoms with Gasteiger partial charge in [0.15, 0.2) is 11.5 Å². The van der Waals surface area contributed by atoms with Crippen LogP contribution in [0, 0.1) is 0 Å². The topological polar surface area (TPSA) is 74.0 Å². The number of nitrogens with zero attached hydrogens (tertiary/aromatic N) is 1. The smallest absolute Gasteiger partial charge is 0.496 e. The zero-order valence-electron chi connectivity index (χ0n) is 20.1. The first-order valence-corrected chi connectivity index (χ1v) is 11.4. The van der Waals surface area contributed by atoms with Crippen molar-refractivity contribution in [2.75, 3.05) is 18.6 Å². The first-order valence-electron chi connectivity index (χ1n) is 11.4. The van der Waals surface area contributed by atoms with Crippen LogP contribution in [-0.4, -0.2) is 31.8 Å². The quantitative estimate of drug-likeness (QED) is 0.363. The molecule has 1 amide bonds. The van der Waals surface area contributed by atoms with E-state index in [2.05, 4.69) is 9.47 Å². The number of rotatable bonds is 7. The number of carbonyl (C=O) groups is 1. The molecule has 3 aromatic carbocycles. The zero-order chi connectivity index (χ0) is 28.6. The third-order valence-corrected chi connectivity index (χ3v) is 5.97. The minimum atomic E-state index is -4.98. The van der Waals surface area contributed by atoms with Crippen LogP contribution in [0.15, 0.2) is 66.7 Å². The van der Waals surface area contributed by atoms with Gasteiger partial charge in [0, 0.05) is 23.9 Å². The van der Waals surface area contributed by atoms with Crippen LogP contribution in [0.2, 0.25) is 0 Å². The number of hydrogen-bond donors (Lipinski definition) is 1. The molecule has 0 fully saturated rings. The molecule has 0 bridgehead atoms. The highest BCUT2D eigenvalue weighted by molar-refractivity contribution is 5.98. The van der Waals surface area contributed by atoms with Crippen molar-refractivity contribution in [3.05, 3.63) is 83.4 Å². The number of anilines is 1. The normalized spacial score (nSPS) is 16.3. The van der Waals surface area contributed by atoms with Crippen molar-refractivity contribution >= 4 is 11.6 Å². The maximum atomic E-state index is 13.8. The Labute approximate surface area is 217 Å². The lowest BCUT2D eigenvalue weighted by Gasteiger charge is -2.33. The van der Waals surface area contributed by atoms with Gasteiger partial charge in [-0.1, -0.05) is 30.3 Å². The van der Waals surface area contributed by atoms with E-state index in [-0.39, 0.29) is 18.7 Å². The Bertz CT molecular complexity index is 1350. The molecule has 0 saturated carbocycles. The van der Waals surface area contributed by atoms with Crippen molar-refractivity contribution in [3.8, 4) is 17.2 Å². The summed E-state index contributed by atoms with van der Waals surface area (Å²) in [4.78, 5) is 14.7. The fourth-order valence-electron chi connectivity index (χ4n) is 3.92. The maximum Gasteiger partial charge on any atom is 0.507 e. The molecule has 1 heterocycles. The van der Waals surface area contributed by atoms with E-state index in [1.54, 1.807) is 24.3 Å². The van der Waals surface area contributed by atoms with Crippen molar-refractivity contribution in [2.24, 2.45) is 5.73 Å². The van der Waals surface area contributed by atoms with Gasteiger partial charge in [-0.05, 0) is 42.3 Å². The van der Waals surface area contributed by atoms with E-state index in [1.165, 1.54) is 25.3 Å². The van der Waals surface area contributed by atoms with Crippen LogP contribution < -0.4 is 24.8 Å². The average molecular weight is 558 g/mol. The highest BCUT2D eigenvalue weighted by Gasteiger charge is 2.66. The highest BCUT2D eigenvalue weighted by Crippen LogP contribution is 2.48. The summed E-state index contributed by atoms with van der Waals surface area (Å²) in [7, 11) is 1.37. The van der Waals surface area contributed by atoms with Gasteiger partial charge in [-0.2, -0.15) is 30.7 Å². The van der Waals surface area contributed by atoms with Crippen molar-refractivity contribution in [2.45, 2.75) is 30.9 Å². The molecular formula is C26H21F7N2O4. The van der Waals surface area contributed by atoms with Crippen LogP contribution in [0.3, 0.4) is 0 Å². The molecule has 39 heavy (non-hydrogen) atoms. The highest BCUT2D eigenvalue weighted by atomic mass is 19.4. The van der Waals surface area contributed by atoms with Gasteiger partial charge in [0.25, 0.3) is 0 Å². The number of amides is 1. The lowest BCUT2D eigenvalue weighted by Crippen LogP contribution is -2.52. The Morgan fingerprint density at radius 1 is 0.949 bits per heavy atom. The van der Waals surface area contributed by atoms with Gasteiger partial charge >= 0.3 is 18.4 Å². The Kier molecular flexibility index (Phi) is 7.39. The fraction of sp³-hybridized carbons (Fsp3) is 0.269. The van der Waals surface area contributed by atoms with Crippen LogP contribution in [0.5, 0.6) is 17.2 Å². The molecule has 13 heteroatoms. The van der Waals surface area contributed by atoms with Crippen LogP contribution in [-0.2, 0) is 17.4 Å². The number of ether oxygens (including phenoxy) is 3. The lowest BCUT2D eigenvalue weighted by atomic mass is 10.0. The van der Waals surface area contributed by atoms with Crippen molar-refractivity contribution in [1.82, 2.24) is 0 Å². The third-order valence-electron chi connectivity index (χ3n) is 5.97. The number of fused-ring (bicyclic) bond motifs is 1. The van der Waals surface area contributed by atoms with E-state index >= 15 is 0 Å². The first kappa shape index (κ1) is 28.0. The summed E-state index contributed by atoms with van der Waals surface area (Å²) in [5, 5.41) is 0. The van der Waals surface area contributed by atoms with Gasteiger partial charge in [0.05, 0.1) is 12.7 Å². The van der Waals surface area contributed by atoms with E-state index in [0.29, 0.717) is 16.9 Å². The number of nitrogens with two attached hydrogens (primary N) is 1. The number of methoxy groups -OCH3 is 1. The second-order valence-electron chi connectivity index (χ2n) is 8.52. The molecule has 0 radical (unpaired) electrons. The van der Waals surface area contributed by atoms with E-state index in [1.807, 2.05) is 0 Å². The standard InChI is InChI=1S/C26H21F7N2O4/c1-37-19-5-3-2-4-18(19)22(34)23(36)35(13-12-15-6-8-16(9-7-15)24(27,28)29)17-10-11-20-21(14-17)39-26(32,33)25(30,31)38-20/h2-11,14,22H,12-13,34H2,1H3. The fourth-order valence-corrected chi connectivity index (χ4v) is 3.92. The minimum Gasteiger partial charge on any atom is -0.496 e. The number of benzene rings is 3. The molecule has 1 atom stereocenters. The molecule has 0 aromatic heterocycles. The average Bonchev–Trinajstić information content (AvgIpc) is 2.88. The number of carbonyl (C=O) groups excluding carboxylic acids is 1. The predicted octanol–water partition coefficient (Wildman–Crippen LogP) is 5.95. The van der Waals surface area contributed by atoms with E-state index in [9.17, 15) is 35.5 Å². The number of para-hydroxylation sites is 1. The Morgan fingerprint density at radius 3 is 2.18 bits per heavy atom. The molecule has 0 spiro atoms. The zero-order valence-corrected chi connectivity index (χ0v) is 20.1.